The predicted molar refractivity (Wildman–Crippen MR) is 197 cm³/mol. The average Bonchev–Trinajstić information content (AvgIpc) is 3.75. The van der Waals surface area contributed by atoms with Crippen LogP contribution in [0, 0.1) is 17.1 Å². The van der Waals surface area contributed by atoms with Crippen molar-refractivity contribution in [1.82, 2.24) is 29.3 Å². The van der Waals surface area contributed by atoms with Gasteiger partial charge in [0.15, 0.2) is 10.7 Å². The van der Waals surface area contributed by atoms with Crippen molar-refractivity contribution < 1.29 is 22.3 Å². The van der Waals surface area contributed by atoms with Gasteiger partial charge in [0.2, 0.25) is 15.8 Å². The van der Waals surface area contributed by atoms with Gasteiger partial charge >= 0.3 is 6.09 Å². The predicted octanol–water partition coefficient (Wildman–Crippen LogP) is 5.88. The molecule has 16 heteroatoms. The van der Waals surface area contributed by atoms with Gasteiger partial charge in [-0.1, -0.05) is 36.4 Å². The van der Waals surface area contributed by atoms with Gasteiger partial charge in [-0.05, 0) is 50.8 Å². The van der Waals surface area contributed by atoms with Gasteiger partial charge in [0.05, 0.1) is 47.3 Å². The highest BCUT2D eigenvalue weighted by molar-refractivity contribution is 7.90. The van der Waals surface area contributed by atoms with E-state index < -0.39 is 27.3 Å². The molecule has 2 aromatic carbocycles. The number of ether oxygens (including phenoxy) is 1. The van der Waals surface area contributed by atoms with Gasteiger partial charge in [0.1, 0.15) is 28.0 Å². The Balaban J connectivity index is 1.33. The SMILES string of the molecule is CN(C)C=Nc1sc2c(F)ccc(Cn3cnc4c(S(=O)(=O)Cc5ccccc5)nc(N5[C@@H]6CC[C@H]5CN(C(=O)OC(C)(C)C)C6)nc43)c2c1C#N. The third-order valence-corrected chi connectivity index (χ3v) is 11.7. The normalized spacial score (nSPS) is 17.7. The zero-order valence-corrected chi connectivity index (χ0v) is 31.1. The van der Waals surface area contributed by atoms with Gasteiger partial charge in [-0.3, -0.25) is 0 Å². The summed E-state index contributed by atoms with van der Waals surface area (Å²) in [5, 5.41) is 10.8. The van der Waals surface area contributed by atoms with Crippen molar-refractivity contribution in [3.63, 3.8) is 0 Å². The molecule has 0 N–H and O–H groups in total. The summed E-state index contributed by atoms with van der Waals surface area (Å²) in [5.41, 5.74) is 1.22. The minimum Gasteiger partial charge on any atom is -0.444 e. The second-order valence-electron chi connectivity index (χ2n) is 14.3. The molecule has 0 aliphatic carbocycles. The number of hydrogen-bond acceptors (Lipinski definition) is 11. The fourth-order valence-corrected chi connectivity index (χ4v) is 9.30. The molecule has 52 heavy (non-hydrogen) atoms. The summed E-state index contributed by atoms with van der Waals surface area (Å²) in [7, 11) is -0.427. The molecule has 5 aromatic rings. The van der Waals surface area contributed by atoms with Crippen molar-refractivity contribution in [2.45, 2.75) is 68.6 Å². The molecule has 13 nitrogen and oxygen atoms in total. The number of amides is 1. The van der Waals surface area contributed by atoms with E-state index in [-0.39, 0.29) is 52.1 Å². The molecule has 2 atom stereocenters. The van der Waals surface area contributed by atoms with Crippen molar-refractivity contribution in [1.29, 1.82) is 5.26 Å². The first-order valence-corrected chi connectivity index (χ1v) is 19.3. The lowest BCUT2D eigenvalue weighted by Gasteiger charge is -2.41. The number of halogens is 1. The summed E-state index contributed by atoms with van der Waals surface area (Å²) in [6.45, 7) is 6.35. The molecular weight excluding hydrogens is 706 g/mol. The van der Waals surface area contributed by atoms with Crippen molar-refractivity contribution >= 4 is 65.8 Å². The lowest BCUT2D eigenvalue weighted by molar-refractivity contribution is 0.0208. The molecule has 0 unspecified atom stereocenters. The van der Waals surface area contributed by atoms with E-state index in [0.29, 0.717) is 39.3 Å². The molecule has 2 aliphatic rings. The summed E-state index contributed by atoms with van der Waals surface area (Å²) in [4.78, 5) is 37.1. The Kier molecular flexibility index (Phi) is 9.12. The van der Waals surface area contributed by atoms with Crippen LogP contribution in [0.4, 0.5) is 20.1 Å². The molecule has 3 aromatic heterocycles. The van der Waals surface area contributed by atoms with Gasteiger partial charge in [-0.15, -0.1) is 11.3 Å². The molecule has 5 heterocycles. The van der Waals surface area contributed by atoms with Gasteiger partial charge in [0, 0.05) is 32.6 Å². The molecule has 0 saturated carbocycles. The number of aromatic nitrogens is 4. The van der Waals surface area contributed by atoms with E-state index in [1.54, 1.807) is 65.1 Å². The van der Waals surface area contributed by atoms with Gasteiger partial charge in [-0.2, -0.15) is 15.2 Å². The first-order chi connectivity index (χ1) is 24.7. The van der Waals surface area contributed by atoms with Crippen LogP contribution in [0.25, 0.3) is 21.3 Å². The third kappa shape index (κ3) is 6.78. The Hall–Kier alpha value is -5.14. The van der Waals surface area contributed by atoms with E-state index in [4.69, 9.17) is 14.7 Å². The molecular formula is C36H38FN9O4S2. The molecule has 0 spiro atoms. The van der Waals surface area contributed by atoms with E-state index >= 15 is 4.39 Å². The fraction of sp³-hybridized carbons (Fsp3) is 0.389. The number of carbonyl (C=O) groups is 1. The first kappa shape index (κ1) is 35.3. The minimum atomic E-state index is -4.03. The van der Waals surface area contributed by atoms with E-state index in [1.165, 1.54) is 12.4 Å². The Morgan fingerprint density at radius 2 is 1.85 bits per heavy atom. The summed E-state index contributed by atoms with van der Waals surface area (Å²) in [5.74, 6) is -0.530. The number of benzene rings is 2. The lowest BCUT2D eigenvalue weighted by atomic mass is 10.1. The number of sulfone groups is 1. The fourth-order valence-electron chi connectivity index (χ4n) is 6.83. The molecule has 2 bridgehead atoms. The summed E-state index contributed by atoms with van der Waals surface area (Å²) >= 11 is 1.09. The van der Waals surface area contributed by atoms with Crippen molar-refractivity contribution in [2.75, 3.05) is 32.1 Å². The molecule has 0 radical (unpaired) electrons. The maximum atomic E-state index is 15.2. The van der Waals surface area contributed by atoms with Crippen LogP contribution in [-0.4, -0.2) is 95.0 Å². The standard InChI is InChI=1S/C36H38FN9O4S2/c1-36(2,3)50-35(47)44-17-24-12-13-25(18-44)46(24)34-41-31-29(33(42-34)52(48,49)19-22-9-7-6-8-10-22)39-21-45(31)16-23-11-14-27(37)30-28(23)26(15-38)32(51-30)40-20-43(4)5/h6-11,14,20-21,24-25H,12-13,16-19H2,1-5H3/t24-,25+. The van der Waals surface area contributed by atoms with E-state index in [9.17, 15) is 18.5 Å². The van der Waals surface area contributed by atoms with Crippen molar-refractivity contribution in [3.05, 3.63) is 71.3 Å². The minimum absolute atomic E-state index is 0.111. The Morgan fingerprint density at radius 3 is 2.50 bits per heavy atom. The van der Waals surface area contributed by atoms with Crippen LogP contribution in [0.5, 0.6) is 0 Å². The van der Waals surface area contributed by atoms with Crippen LogP contribution in [-0.2, 0) is 26.9 Å². The van der Waals surface area contributed by atoms with Gasteiger partial charge in [0.25, 0.3) is 0 Å². The number of nitrogens with zero attached hydrogens (tertiary/aromatic N) is 9. The number of imidazole rings is 1. The van der Waals surface area contributed by atoms with Crippen LogP contribution in [0.1, 0.15) is 50.3 Å². The van der Waals surface area contributed by atoms with E-state index in [0.717, 1.165) is 24.2 Å². The Morgan fingerprint density at radius 1 is 1.13 bits per heavy atom. The monoisotopic (exact) mass is 743 g/mol. The number of fused-ring (bicyclic) bond motifs is 4. The van der Waals surface area contributed by atoms with Crippen LogP contribution < -0.4 is 4.90 Å². The van der Waals surface area contributed by atoms with E-state index in [1.807, 2.05) is 31.7 Å². The number of carbonyl (C=O) groups excluding carboxylic acids is 1. The maximum absolute atomic E-state index is 15.2. The highest BCUT2D eigenvalue weighted by atomic mass is 32.2. The summed E-state index contributed by atoms with van der Waals surface area (Å²) in [6, 6.07) is 13.7. The number of hydrogen-bond donors (Lipinski definition) is 0. The third-order valence-electron chi connectivity index (χ3n) is 9.00. The second-order valence-corrected chi connectivity index (χ2v) is 17.2. The van der Waals surface area contributed by atoms with Crippen molar-refractivity contribution in [3.8, 4) is 6.07 Å². The summed E-state index contributed by atoms with van der Waals surface area (Å²) < 4.78 is 51.2. The molecule has 7 rings (SSSR count). The van der Waals surface area contributed by atoms with Crippen LogP contribution in [0.2, 0.25) is 0 Å². The second kappa shape index (κ2) is 13.4. The van der Waals surface area contributed by atoms with Gasteiger partial charge in [-0.25, -0.2) is 27.6 Å². The van der Waals surface area contributed by atoms with Gasteiger partial charge < -0.3 is 24.0 Å². The zero-order valence-electron chi connectivity index (χ0n) is 29.4. The molecule has 2 aliphatic heterocycles. The molecule has 2 saturated heterocycles. The van der Waals surface area contributed by atoms with Crippen LogP contribution >= 0.6 is 11.3 Å². The quantitative estimate of drug-likeness (QED) is 0.107. The maximum Gasteiger partial charge on any atom is 0.410 e. The molecule has 1 amide bonds. The zero-order chi connectivity index (χ0) is 36.9. The number of nitriles is 1. The summed E-state index contributed by atoms with van der Waals surface area (Å²) in [6.07, 6.45) is 4.19. The first-order valence-electron chi connectivity index (χ1n) is 16.8. The van der Waals surface area contributed by atoms with Crippen LogP contribution in [0.3, 0.4) is 0 Å². The Labute approximate surface area is 304 Å². The number of piperazine rings is 1. The Bertz CT molecular complexity index is 2350. The number of thiophene rings is 1. The highest BCUT2D eigenvalue weighted by Crippen LogP contribution is 2.41. The van der Waals surface area contributed by atoms with Crippen LogP contribution in [0.15, 0.2) is 58.8 Å². The largest absolute Gasteiger partial charge is 0.444 e. The number of rotatable bonds is 8. The number of anilines is 1. The molecule has 2 fully saturated rings. The van der Waals surface area contributed by atoms with E-state index in [2.05, 4.69) is 16.0 Å². The average molecular weight is 744 g/mol. The van der Waals surface area contributed by atoms with Crippen molar-refractivity contribution in [2.24, 2.45) is 4.99 Å². The number of likely N-dealkylation sites (tertiary alicyclic amines) is 1. The number of aliphatic imine (C=N–C) groups is 1. The topological polar surface area (TPSA) is 150 Å². The lowest BCUT2D eigenvalue weighted by Crippen LogP contribution is -2.56. The highest BCUT2D eigenvalue weighted by Gasteiger charge is 2.44. The molecule has 270 valence electrons. The smallest absolute Gasteiger partial charge is 0.410 e.